The molecule has 0 spiro atoms. The summed E-state index contributed by atoms with van der Waals surface area (Å²) in [6, 6.07) is -0.192. The largest absolute Gasteiger partial charge is 0.481 e. The Hall–Kier alpha value is -1.10. The summed E-state index contributed by atoms with van der Waals surface area (Å²) in [5.41, 5.74) is -0.881. The van der Waals surface area contributed by atoms with Gasteiger partial charge in [-0.25, -0.2) is 0 Å². The third-order valence-electron chi connectivity index (χ3n) is 3.32. The van der Waals surface area contributed by atoms with Crippen molar-refractivity contribution >= 4 is 11.9 Å². The van der Waals surface area contributed by atoms with Gasteiger partial charge in [0.25, 0.3) is 5.91 Å². The summed E-state index contributed by atoms with van der Waals surface area (Å²) in [6.07, 6.45) is 2.69. The molecule has 1 aliphatic heterocycles. The summed E-state index contributed by atoms with van der Waals surface area (Å²) in [5, 5.41) is 8.86. The zero-order chi connectivity index (χ0) is 13.1. The maximum atomic E-state index is 12.3. The number of aliphatic carboxylic acids is 1. The number of hydrogen-bond donors (Lipinski definition) is 1. The average molecular weight is 243 g/mol. The van der Waals surface area contributed by atoms with E-state index in [1.807, 2.05) is 0 Å². The lowest BCUT2D eigenvalue weighted by Gasteiger charge is -2.39. The first-order valence-electron chi connectivity index (χ1n) is 5.96. The van der Waals surface area contributed by atoms with E-state index >= 15 is 0 Å². The van der Waals surface area contributed by atoms with Crippen molar-refractivity contribution in [1.82, 2.24) is 4.90 Å². The number of nitrogens with zero attached hydrogens (tertiary/aromatic N) is 1. The number of ether oxygens (including phenoxy) is 1. The first-order valence-corrected chi connectivity index (χ1v) is 5.96. The van der Waals surface area contributed by atoms with Crippen molar-refractivity contribution in [2.45, 2.75) is 51.2 Å². The first-order chi connectivity index (χ1) is 7.88. The molecule has 0 aromatic heterocycles. The van der Waals surface area contributed by atoms with E-state index in [1.165, 1.54) is 7.11 Å². The average Bonchev–Trinajstić information content (AvgIpc) is 2.28. The molecule has 5 heteroatoms. The molecule has 1 rings (SSSR count). The van der Waals surface area contributed by atoms with Gasteiger partial charge in [-0.2, -0.15) is 0 Å². The molecule has 0 aromatic carbocycles. The highest BCUT2D eigenvalue weighted by Crippen LogP contribution is 2.24. The van der Waals surface area contributed by atoms with Gasteiger partial charge >= 0.3 is 5.97 Å². The van der Waals surface area contributed by atoms with Gasteiger partial charge in [0.2, 0.25) is 0 Å². The zero-order valence-electron chi connectivity index (χ0n) is 10.7. The van der Waals surface area contributed by atoms with Crippen molar-refractivity contribution < 1.29 is 19.4 Å². The van der Waals surface area contributed by atoms with Gasteiger partial charge in [0.05, 0.1) is 6.42 Å². The normalized spacial score (nSPS) is 21.4. The van der Waals surface area contributed by atoms with E-state index in [2.05, 4.69) is 0 Å². The van der Waals surface area contributed by atoms with Crippen LogP contribution in [-0.4, -0.2) is 47.2 Å². The standard InChI is InChI=1S/C12H21NO4/c1-12(2,17-3)11(16)13-7-5-4-6-9(13)8-10(14)15/h9H,4-8H2,1-3H3,(H,14,15). The van der Waals surface area contributed by atoms with Crippen LogP contribution in [0.25, 0.3) is 0 Å². The molecular formula is C12H21NO4. The van der Waals surface area contributed by atoms with Crippen molar-refractivity contribution in [3.8, 4) is 0 Å². The number of carbonyl (C=O) groups excluding carboxylic acids is 1. The fraction of sp³-hybridized carbons (Fsp3) is 0.833. The molecule has 0 bridgehead atoms. The number of piperidine rings is 1. The highest BCUT2D eigenvalue weighted by atomic mass is 16.5. The van der Waals surface area contributed by atoms with Crippen molar-refractivity contribution in [1.29, 1.82) is 0 Å². The van der Waals surface area contributed by atoms with Crippen LogP contribution in [0.4, 0.5) is 0 Å². The molecule has 1 unspecified atom stereocenters. The highest BCUT2D eigenvalue weighted by molar-refractivity contribution is 5.85. The van der Waals surface area contributed by atoms with E-state index in [0.717, 1.165) is 19.3 Å². The van der Waals surface area contributed by atoms with E-state index in [9.17, 15) is 9.59 Å². The predicted molar refractivity (Wildman–Crippen MR) is 62.7 cm³/mol. The number of carboxylic acids is 1. The first kappa shape index (κ1) is 14.0. The molecule has 98 valence electrons. The number of likely N-dealkylation sites (tertiary alicyclic amines) is 1. The van der Waals surface area contributed by atoms with Gasteiger partial charge in [-0.15, -0.1) is 0 Å². The molecule has 0 radical (unpaired) electrons. The number of hydrogen-bond acceptors (Lipinski definition) is 3. The van der Waals surface area contributed by atoms with E-state index in [4.69, 9.17) is 9.84 Å². The third kappa shape index (κ3) is 3.43. The Morgan fingerprint density at radius 1 is 1.41 bits per heavy atom. The van der Waals surface area contributed by atoms with Gasteiger partial charge in [-0.3, -0.25) is 9.59 Å². The van der Waals surface area contributed by atoms with Crippen molar-refractivity contribution in [3.05, 3.63) is 0 Å². The second-order valence-electron chi connectivity index (χ2n) is 4.96. The summed E-state index contributed by atoms with van der Waals surface area (Å²) in [7, 11) is 1.49. The Kier molecular flexibility index (Phi) is 4.51. The van der Waals surface area contributed by atoms with Crippen molar-refractivity contribution in [3.63, 3.8) is 0 Å². The lowest BCUT2D eigenvalue weighted by Crippen LogP contribution is -2.53. The van der Waals surface area contributed by atoms with Crippen LogP contribution < -0.4 is 0 Å². The molecule has 1 aliphatic rings. The fourth-order valence-electron chi connectivity index (χ4n) is 2.11. The minimum atomic E-state index is -0.881. The summed E-state index contributed by atoms with van der Waals surface area (Å²) in [4.78, 5) is 24.7. The van der Waals surface area contributed by atoms with Crippen LogP contribution in [0.1, 0.15) is 39.5 Å². The van der Waals surface area contributed by atoms with Gasteiger partial charge in [-0.1, -0.05) is 0 Å². The number of methoxy groups -OCH3 is 1. The van der Waals surface area contributed by atoms with E-state index in [0.29, 0.717) is 6.54 Å². The SMILES string of the molecule is COC(C)(C)C(=O)N1CCCCC1CC(=O)O. The van der Waals surface area contributed by atoms with Crippen molar-refractivity contribution in [2.75, 3.05) is 13.7 Å². The maximum Gasteiger partial charge on any atom is 0.305 e. The molecule has 1 atom stereocenters. The molecule has 1 saturated heterocycles. The molecule has 0 aliphatic carbocycles. The van der Waals surface area contributed by atoms with Crippen LogP contribution in [0.2, 0.25) is 0 Å². The summed E-state index contributed by atoms with van der Waals surface area (Å²) >= 11 is 0. The van der Waals surface area contributed by atoms with Gasteiger partial charge < -0.3 is 14.7 Å². The van der Waals surface area contributed by atoms with E-state index in [1.54, 1.807) is 18.7 Å². The van der Waals surface area contributed by atoms with Crippen LogP contribution in [-0.2, 0) is 14.3 Å². The lowest BCUT2D eigenvalue weighted by atomic mass is 9.96. The van der Waals surface area contributed by atoms with Gasteiger partial charge in [-0.05, 0) is 33.1 Å². The van der Waals surface area contributed by atoms with Crippen molar-refractivity contribution in [2.24, 2.45) is 0 Å². The van der Waals surface area contributed by atoms with E-state index in [-0.39, 0.29) is 18.4 Å². The number of amides is 1. The molecule has 17 heavy (non-hydrogen) atoms. The van der Waals surface area contributed by atoms with Gasteiger partial charge in [0.1, 0.15) is 5.60 Å². The monoisotopic (exact) mass is 243 g/mol. The highest BCUT2D eigenvalue weighted by Gasteiger charge is 2.37. The summed E-state index contributed by atoms with van der Waals surface area (Å²) < 4.78 is 5.17. The molecular weight excluding hydrogens is 222 g/mol. The zero-order valence-corrected chi connectivity index (χ0v) is 10.7. The third-order valence-corrected chi connectivity index (χ3v) is 3.32. The molecule has 1 amide bonds. The Labute approximate surface area is 102 Å². The van der Waals surface area contributed by atoms with Gasteiger partial charge in [0, 0.05) is 19.7 Å². The lowest BCUT2D eigenvalue weighted by molar-refractivity contribution is -0.156. The minimum Gasteiger partial charge on any atom is -0.481 e. The molecule has 5 nitrogen and oxygen atoms in total. The van der Waals surface area contributed by atoms with Crippen LogP contribution in [0.3, 0.4) is 0 Å². The molecule has 1 N–H and O–H groups in total. The second kappa shape index (κ2) is 5.49. The summed E-state index contributed by atoms with van der Waals surface area (Å²) in [6.45, 7) is 4.05. The number of carboxylic acid groups (broad SMARTS) is 1. The smallest absolute Gasteiger partial charge is 0.305 e. The number of rotatable bonds is 4. The Morgan fingerprint density at radius 2 is 2.06 bits per heavy atom. The molecule has 1 fully saturated rings. The van der Waals surface area contributed by atoms with Crippen LogP contribution in [0.5, 0.6) is 0 Å². The summed E-state index contributed by atoms with van der Waals surface area (Å²) in [5.74, 6) is -0.976. The quantitative estimate of drug-likeness (QED) is 0.807. The molecule has 0 saturated carbocycles. The maximum absolute atomic E-state index is 12.3. The van der Waals surface area contributed by atoms with Crippen LogP contribution in [0, 0.1) is 0 Å². The second-order valence-corrected chi connectivity index (χ2v) is 4.96. The molecule has 1 heterocycles. The Morgan fingerprint density at radius 3 is 2.59 bits per heavy atom. The van der Waals surface area contributed by atoms with Crippen LogP contribution in [0.15, 0.2) is 0 Å². The Balaban J connectivity index is 2.77. The predicted octanol–water partition coefficient (Wildman–Crippen LogP) is 1.27. The minimum absolute atomic E-state index is 0.0194. The van der Waals surface area contributed by atoms with E-state index < -0.39 is 11.6 Å². The Bertz CT molecular complexity index is 301. The fourth-order valence-corrected chi connectivity index (χ4v) is 2.11. The topological polar surface area (TPSA) is 66.8 Å². The van der Waals surface area contributed by atoms with Gasteiger partial charge in [0.15, 0.2) is 0 Å². The molecule has 0 aromatic rings. The van der Waals surface area contributed by atoms with Crippen LogP contribution >= 0.6 is 0 Å². The number of carbonyl (C=O) groups is 2.